The summed E-state index contributed by atoms with van der Waals surface area (Å²) < 4.78 is 25.8. The molecule has 0 saturated carbocycles. The van der Waals surface area contributed by atoms with Gasteiger partial charge in [0.25, 0.3) is 0 Å². The van der Waals surface area contributed by atoms with Crippen LogP contribution >= 0.6 is 11.6 Å². The highest BCUT2D eigenvalue weighted by Gasteiger charge is 2.22. The van der Waals surface area contributed by atoms with Crippen molar-refractivity contribution < 1.29 is 8.42 Å². The normalized spacial score (nSPS) is 12.1. The largest absolute Gasteiger partial charge is 0.243 e. The van der Waals surface area contributed by atoms with Crippen LogP contribution in [0.2, 0.25) is 0 Å². The highest BCUT2D eigenvalue weighted by molar-refractivity contribution is 7.89. The quantitative estimate of drug-likeness (QED) is 0.793. The monoisotopic (exact) mass is 275 g/mol. The van der Waals surface area contributed by atoms with Gasteiger partial charge in [0.15, 0.2) is 0 Å². The second kappa shape index (κ2) is 5.38. The van der Waals surface area contributed by atoms with Gasteiger partial charge >= 0.3 is 0 Å². The number of aryl methyl sites for hydroxylation is 2. The van der Waals surface area contributed by atoms with E-state index >= 15 is 0 Å². The predicted molar refractivity (Wildman–Crippen MR) is 71.0 cm³/mol. The van der Waals surface area contributed by atoms with Gasteiger partial charge in [-0.15, -0.1) is 11.6 Å². The molecule has 0 aliphatic rings. The van der Waals surface area contributed by atoms with Gasteiger partial charge in [-0.3, -0.25) is 0 Å². The molecule has 96 valence electrons. The maximum absolute atomic E-state index is 12.2. The number of benzene rings is 1. The maximum atomic E-state index is 12.2. The third-order valence-corrected chi connectivity index (χ3v) is 5.27. The summed E-state index contributed by atoms with van der Waals surface area (Å²) >= 11 is 5.81. The van der Waals surface area contributed by atoms with E-state index in [9.17, 15) is 8.42 Å². The van der Waals surface area contributed by atoms with Gasteiger partial charge < -0.3 is 0 Å². The molecule has 1 rings (SSSR count). The van der Waals surface area contributed by atoms with Crippen LogP contribution in [0.5, 0.6) is 0 Å². The number of alkyl halides is 1. The molecule has 0 atom stereocenters. The molecule has 0 spiro atoms. The Hall–Kier alpha value is -0.580. The molecule has 17 heavy (non-hydrogen) atoms. The Morgan fingerprint density at radius 3 is 2.29 bits per heavy atom. The summed E-state index contributed by atoms with van der Waals surface area (Å²) in [5, 5.41) is 0. The number of hydrogen-bond donors (Lipinski definition) is 0. The first kappa shape index (κ1) is 14.5. The third-order valence-electron chi connectivity index (χ3n) is 2.91. The fourth-order valence-electron chi connectivity index (χ4n) is 1.63. The number of hydrogen-bond acceptors (Lipinski definition) is 2. The topological polar surface area (TPSA) is 37.4 Å². The van der Waals surface area contributed by atoms with E-state index in [2.05, 4.69) is 0 Å². The van der Waals surface area contributed by atoms with E-state index < -0.39 is 10.0 Å². The Kier molecular flexibility index (Phi) is 4.58. The van der Waals surface area contributed by atoms with Crippen molar-refractivity contribution in [2.75, 3.05) is 13.6 Å². The predicted octanol–water partition coefficient (Wildman–Crippen LogP) is 2.68. The van der Waals surface area contributed by atoms with Gasteiger partial charge in [0.1, 0.15) is 0 Å². The highest BCUT2D eigenvalue weighted by atomic mass is 35.5. The first-order valence-corrected chi connectivity index (χ1v) is 7.44. The van der Waals surface area contributed by atoms with Crippen LogP contribution in [0, 0.1) is 13.8 Å². The molecule has 1 aromatic rings. The van der Waals surface area contributed by atoms with Gasteiger partial charge in [0.05, 0.1) is 4.90 Å². The minimum Gasteiger partial charge on any atom is -0.207 e. The van der Waals surface area contributed by atoms with Gasteiger partial charge in [-0.25, -0.2) is 12.7 Å². The molecule has 0 aromatic heterocycles. The maximum Gasteiger partial charge on any atom is 0.243 e. The zero-order valence-corrected chi connectivity index (χ0v) is 12.2. The van der Waals surface area contributed by atoms with Crippen LogP contribution in [-0.4, -0.2) is 26.3 Å². The van der Waals surface area contributed by atoms with Crippen molar-refractivity contribution in [3.05, 3.63) is 28.8 Å². The fraction of sp³-hybridized carbons (Fsp3) is 0.500. The van der Waals surface area contributed by atoms with Crippen molar-refractivity contribution in [2.24, 2.45) is 0 Å². The standard InChI is InChI=1S/C12H18ClNO2S/c1-5-14(4)17(15,16)12-7-11(8-13)9(2)6-10(12)3/h6-7H,5,8H2,1-4H3. The van der Waals surface area contributed by atoms with E-state index in [0.29, 0.717) is 17.3 Å². The average molecular weight is 276 g/mol. The summed E-state index contributed by atoms with van der Waals surface area (Å²) in [5.41, 5.74) is 2.65. The summed E-state index contributed by atoms with van der Waals surface area (Å²) in [7, 11) is -1.82. The van der Waals surface area contributed by atoms with E-state index in [4.69, 9.17) is 11.6 Å². The molecule has 0 aliphatic carbocycles. The van der Waals surface area contributed by atoms with Gasteiger partial charge in [-0.1, -0.05) is 13.0 Å². The van der Waals surface area contributed by atoms with Crippen molar-refractivity contribution in [1.29, 1.82) is 0 Å². The van der Waals surface area contributed by atoms with Crippen LogP contribution in [0.1, 0.15) is 23.6 Å². The molecule has 1 aromatic carbocycles. The first-order chi connectivity index (χ1) is 7.84. The smallest absolute Gasteiger partial charge is 0.207 e. The highest BCUT2D eigenvalue weighted by Crippen LogP contribution is 2.24. The van der Waals surface area contributed by atoms with E-state index in [1.54, 1.807) is 20.0 Å². The average Bonchev–Trinajstić information content (AvgIpc) is 2.27. The Morgan fingerprint density at radius 1 is 1.24 bits per heavy atom. The first-order valence-electron chi connectivity index (χ1n) is 5.47. The number of halogens is 1. The van der Waals surface area contributed by atoms with Gasteiger partial charge in [-0.2, -0.15) is 0 Å². The van der Waals surface area contributed by atoms with Gasteiger partial charge in [0.2, 0.25) is 10.0 Å². The molecule has 0 saturated heterocycles. The molecule has 0 unspecified atom stereocenters. The third kappa shape index (κ3) is 2.81. The minimum atomic E-state index is -3.39. The summed E-state index contributed by atoms with van der Waals surface area (Å²) in [6.45, 7) is 6.00. The number of rotatable bonds is 4. The lowest BCUT2D eigenvalue weighted by Gasteiger charge is -2.18. The lowest BCUT2D eigenvalue weighted by molar-refractivity contribution is 0.486. The van der Waals surface area contributed by atoms with Crippen molar-refractivity contribution in [1.82, 2.24) is 4.31 Å². The number of sulfonamides is 1. The van der Waals surface area contributed by atoms with E-state index in [1.807, 2.05) is 19.9 Å². The molecule has 0 bridgehead atoms. The van der Waals surface area contributed by atoms with Crippen LogP contribution in [0.3, 0.4) is 0 Å². The van der Waals surface area contributed by atoms with Crippen molar-refractivity contribution >= 4 is 21.6 Å². The van der Waals surface area contributed by atoms with Crippen LogP contribution < -0.4 is 0 Å². The van der Waals surface area contributed by atoms with E-state index in [0.717, 1.165) is 16.7 Å². The van der Waals surface area contributed by atoms with Crippen LogP contribution in [0.15, 0.2) is 17.0 Å². The molecule has 0 fully saturated rings. The van der Waals surface area contributed by atoms with Gasteiger partial charge in [-0.05, 0) is 36.6 Å². The Morgan fingerprint density at radius 2 is 1.82 bits per heavy atom. The summed E-state index contributed by atoms with van der Waals surface area (Å²) in [6, 6.07) is 3.55. The molecule has 3 nitrogen and oxygen atoms in total. The second-order valence-corrected chi connectivity index (χ2v) is 6.38. The Balaban J connectivity index is 3.42. The van der Waals surface area contributed by atoms with Crippen LogP contribution in [-0.2, 0) is 15.9 Å². The molecule has 0 amide bonds. The fourth-order valence-corrected chi connectivity index (χ4v) is 3.35. The zero-order valence-electron chi connectivity index (χ0n) is 10.6. The molecule has 0 heterocycles. The van der Waals surface area contributed by atoms with E-state index in [1.165, 1.54) is 4.31 Å². The summed E-state index contributed by atoms with van der Waals surface area (Å²) in [6.07, 6.45) is 0. The van der Waals surface area contributed by atoms with Gasteiger partial charge in [0, 0.05) is 19.5 Å². The summed E-state index contributed by atoms with van der Waals surface area (Å²) in [4.78, 5) is 0.350. The zero-order chi connectivity index (χ0) is 13.2. The molecule has 0 aliphatic heterocycles. The second-order valence-electron chi connectivity index (χ2n) is 4.10. The lowest BCUT2D eigenvalue weighted by Crippen LogP contribution is -2.27. The lowest BCUT2D eigenvalue weighted by atomic mass is 10.1. The molecular weight excluding hydrogens is 258 g/mol. The molecular formula is C12H18ClNO2S. The minimum absolute atomic E-state index is 0.324. The van der Waals surface area contributed by atoms with E-state index in [-0.39, 0.29) is 0 Å². The van der Waals surface area contributed by atoms with Crippen molar-refractivity contribution in [3.63, 3.8) is 0 Å². The molecule has 0 N–H and O–H groups in total. The SMILES string of the molecule is CCN(C)S(=O)(=O)c1cc(CCl)c(C)cc1C. The molecule has 5 heteroatoms. The Labute approximate surface area is 108 Å². The molecule has 0 radical (unpaired) electrons. The van der Waals surface area contributed by atoms with Crippen LogP contribution in [0.25, 0.3) is 0 Å². The number of nitrogens with zero attached hydrogens (tertiary/aromatic N) is 1. The van der Waals surface area contributed by atoms with Crippen molar-refractivity contribution in [2.45, 2.75) is 31.5 Å². The Bertz CT molecular complexity index is 511. The van der Waals surface area contributed by atoms with Crippen LogP contribution in [0.4, 0.5) is 0 Å². The van der Waals surface area contributed by atoms with Crippen molar-refractivity contribution in [3.8, 4) is 0 Å². The summed E-state index contributed by atoms with van der Waals surface area (Å²) in [5.74, 6) is 0.324.